The molecule has 0 radical (unpaired) electrons. The predicted molar refractivity (Wildman–Crippen MR) is 57.9 cm³/mol. The lowest BCUT2D eigenvalue weighted by atomic mass is 10.2. The first-order valence-electron chi connectivity index (χ1n) is 5.66. The zero-order valence-electron chi connectivity index (χ0n) is 9.52. The van der Waals surface area contributed by atoms with E-state index in [2.05, 4.69) is 15.5 Å². The average molecular weight is 240 g/mol. The molecule has 1 saturated heterocycles. The normalized spacial score (nSPS) is 19.6. The first-order chi connectivity index (χ1) is 8.24. The number of hydrogen-bond donors (Lipinski definition) is 2. The maximum atomic E-state index is 10.5. The van der Waals surface area contributed by atoms with E-state index in [1.165, 1.54) is 0 Å². The monoisotopic (exact) mass is 240 g/mol. The van der Waals surface area contributed by atoms with Gasteiger partial charge < -0.3 is 15.0 Å². The maximum Gasteiger partial charge on any atom is 0.240 e. The van der Waals surface area contributed by atoms with Crippen LogP contribution in [-0.2, 0) is 22.5 Å². The third-order valence-corrected chi connectivity index (χ3v) is 2.52. The molecule has 1 fully saturated rings. The molecule has 7 heteroatoms. The van der Waals surface area contributed by atoms with Crippen molar-refractivity contribution >= 4 is 5.91 Å². The standard InChI is InChI=1S/C10H16N4O3/c11-8(15)5-12-6-10-13-9(14-17-10)4-7-2-1-3-16-7/h7,12H,1-6H2,(H2,11,15). The number of aromatic nitrogens is 2. The van der Waals surface area contributed by atoms with Crippen LogP contribution in [-0.4, -0.2) is 35.3 Å². The van der Waals surface area contributed by atoms with Crippen LogP contribution in [0.3, 0.4) is 0 Å². The quantitative estimate of drug-likeness (QED) is 0.686. The molecule has 0 spiro atoms. The molecule has 1 atom stereocenters. The lowest BCUT2D eigenvalue weighted by Crippen LogP contribution is -2.28. The van der Waals surface area contributed by atoms with Crippen LogP contribution < -0.4 is 11.1 Å². The van der Waals surface area contributed by atoms with Gasteiger partial charge in [-0.1, -0.05) is 5.16 Å². The van der Waals surface area contributed by atoms with Crippen LogP contribution in [0.15, 0.2) is 4.52 Å². The second-order valence-corrected chi connectivity index (χ2v) is 4.01. The fourth-order valence-corrected chi connectivity index (χ4v) is 1.75. The van der Waals surface area contributed by atoms with Crippen molar-refractivity contribution in [2.24, 2.45) is 5.73 Å². The smallest absolute Gasteiger partial charge is 0.240 e. The Balaban J connectivity index is 1.76. The van der Waals surface area contributed by atoms with Gasteiger partial charge in [0.2, 0.25) is 11.8 Å². The molecule has 1 aliphatic heterocycles. The van der Waals surface area contributed by atoms with Crippen LogP contribution in [0.2, 0.25) is 0 Å². The number of carbonyl (C=O) groups is 1. The molecule has 2 heterocycles. The molecule has 1 unspecified atom stereocenters. The van der Waals surface area contributed by atoms with E-state index in [1.54, 1.807) is 0 Å². The number of primary amides is 1. The number of rotatable bonds is 6. The van der Waals surface area contributed by atoms with Crippen molar-refractivity contribution in [1.82, 2.24) is 15.5 Å². The van der Waals surface area contributed by atoms with Gasteiger partial charge in [0.15, 0.2) is 5.82 Å². The second-order valence-electron chi connectivity index (χ2n) is 4.01. The van der Waals surface area contributed by atoms with Crippen LogP contribution in [0.5, 0.6) is 0 Å². The highest BCUT2D eigenvalue weighted by atomic mass is 16.5. The summed E-state index contributed by atoms with van der Waals surface area (Å²) in [6.45, 7) is 1.26. The Morgan fingerprint density at radius 1 is 1.59 bits per heavy atom. The van der Waals surface area contributed by atoms with Gasteiger partial charge in [-0.15, -0.1) is 0 Å². The summed E-state index contributed by atoms with van der Waals surface area (Å²) >= 11 is 0. The largest absolute Gasteiger partial charge is 0.378 e. The van der Waals surface area contributed by atoms with Crippen molar-refractivity contribution < 1.29 is 14.1 Å². The van der Waals surface area contributed by atoms with E-state index in [1.807, 2.05) is 0 Å². The number of carbonyl (C=O) groups excluding carboxylic acids is 1. The minimum absolute atomic E-state index is 0.101. The van der Waals surface area contributed by atoms with Crippen molar-refractivity contribution in [2.45, 2.75) is 31.9 Å². The van der Waals surface area contributed by atoms with Gasteiger partial charge in [-0.3, -0.25) is 10.1 Å². The number of nitrogens with two attached hydrogens (primary N) is 1. The van der Waals surface area contributed by atoms with E-state index < -0.39 is 5.91 Å². The number of nitrogens with zero attached hydrogens (tertiary/aromatic N) is 2. The Morgan fingerprint density at radius 2 is 2.47 bits per heavy atom. The average Bonchev–Trinajstić information content (AvgIpc) is 2.90. The molecular weight excluding hydrogens is 224 g/mol. The maximum absolute atomic E-state index is 10.5. The zero-order chi connectivity index (χ0) is 12.1. The number of hydrogen-bond acceptors (Lipinski definition) is 6. The summed E-state index contributed by atoms with van der Waals surface area (Å²) in [6.07, 6.45) is 3.03. The fraction of sp³-hybridized carbons (Fsp3) is 0.700. The van der Waals surface area contributed by atoms with Gasteiger partial charge in [0.25, 0.3) is 0 Å². The molecule has 0 aromatic carbocycles. The topological polar surface area (TPSA) is 103 Å². The molecule has 0 saturated carbocycles. The Hall–Kier alpha value is -1.47. The van der Waals surface area contributed by atoms with Gasteiger partial charge in [-0.2, -0.15) is 4.98 Å². The van der Waals surface area contributed by atoms with E-state index in [9.17, 15) is 4.79 Å². The highest BCUT2D eigenvalue weighted by Crippen LogP contribution is 2.15. The molecule has 1 aliphatic rings. The summed E-state index contributed by atoms with van der Waals surface area (Å²) in [5.41, 5.74) is 4.99. The minimum atomic E-state index is -0.413. The summed E-state index contributed by atoms with van der Waals surface area (Å²) in [5.74, 6) is 0.691. The molecule has 3 N–H and O–H groups in total. The summed E-state index contributed by atoms with van der Waals surface area (Å²) < 4.78 is 10.5. The van der Waals surface area contributed by atoms with Crippen molar-refractivity contribution in [3.8, 4) is 0 Å². The third kappa shape index (κ3) is 3.79. The highest BCUT2D eigenvalue weighted by Gasteiger charge is 2.18. The third-order valence-electron chi connectivity index (χ3n) is 2.52. The lowest BCUT2D eigenvalue weighted by Gasteiger charge is -2.03. The summed E-state index contributed by atoms with van der Waals surface area (Å²) in [7, 11) is 0. The van der Waals surface area contributed by atoms with Crippen molar-refractivity contribution in [1.29, 1.82) is 0 Å². The van der Waals surface area contributed by atoms with Crippen molar-refractivity contribution in [3.63, 3.8) is 0 Å². The van der Waals surface area contributed by atoms with E-state index >= 15 is 0 Å². The number of nitrogens with one attached hydrogen (secondary N) is 1. The van der Waals surface area contributed by atoms with Gasteiger partial charge in [0, 0.05) is 13.0 Å². The van der Waals surface area contributed by atoms with Crippen LogP contribution in [0.4, 0.5) is 0 Å². The van der Waals surface area contributed by atoms with Gasteiger partial charge >= 0.3 is 0 Å². The van der Waals surface area contributed by atoms with Crippen LogP contribution >= 0.6 is 0 Å². The minimum Gasteiger partial charge on any atom is -0.378 e. The molecule has 1 amide bonds. The summed E-state index contributed by atoms with van der Waals surface area (Å²) in [4.78, 5) is 14.7. The SMILES string of the molecule is NC(=O)CNCc1nc(CC2CCCO2)no1. The molecule has 0 aliphatic carbocycles. The van der Waals surface area contributed by atoms with Gasteiger partial charge in [-0.25, -0.2) is 0 Å². The Labute approximate surface area is 98.7 Å². The number of amides is 1. The molecule has 7 nitrogen and oxygen atoms in total. The van der Waals surface area contributed by atoms with Crippen molar-refractivity contribution in [3.05, 3.63) is 11.7 Å². The zero-order valence-corrected chi connectivity index (χ0v) is 9.52. The molecule has 94 valence electrons. The van der Waals surface area contributed by atoms with Crippen LogP contribution in [0.1, 0.15) is 24.6 Å². The van der Waals surface area contributed by atoms with Crippen LogP contribution in [0, 0.1) is 0 Å². The highest BCUT2D eigenvalue weighted by molar-refractivity contribution is 5.75. The van der Waals surface area contributed by atoms with E-state index in [-0.39, 0.29) is 12.6 Å². The van der Waals surface area contributed by atoms with Gasteiger partial charge in [0.05, 0.1) is 19.2 Å². The van der Waals surface area contributed by atoms with Crippen molar-refractivity contribution in [2.75, 3.05) is 13.2 Å². The molecular formula is C10H16N4O3. The van der Waals surface area contributed by atoms with E-state index in [0.29, 0.717) is 24.7 Å². The molecule has 1 aromatic heterocycles. The molecule has 2 rings (SSSR count). The Bertz CT molecular complexity index is 373. The molecule has 1 aromatic rings. The summed E-state index contributed by atoms with van der Waals surface area (Å²) in [5, 5.41) is 6.66. The lowest BCUT2D eigenvalue weighted by molar-refractivity contribution is -0.117. The van der Waals surface area contributed by atoms with E-state index in [0.717, 1.165) is 19.4 Å². The molecule has 0 bridgehead atoms. The second kappa shape index (κ2) is 5.74. The van der Waals surface area contributed by atoms with Crippen LogP contribution in [0.25, 0.3) is 0 Å². The van der Waals surface area contributed by atoms with E-state index in [4.69, 9.17) is 15.0 Å². The predicted octanol–water partition coefficient (Wildman–Crippen LogP) is -0.634. The molecule has 17 heavy (non-hydrogen) atoms. The first-order valence-corrected chi connectivity index (χ1v) is 5.66. The van der Waals surface area contributed by atoms with Gasteiger partial charge in [0.1, 0.15) is 0 Å². The summed E-state index contributed by atoms with van der Waals surface area (Å²) in [6, 6.07) is 0. The Morgan fingerprint density at radius 3 is 3.18 bits per heavy atom. The first kappa shape index (κ1) is 12.0. The number of ether oxygens (including phenoxy) is 1. The Kier molecular flexibility index (Phi) is 4.05. The fourth-order valence-electron chi connectivity index (χ4n) is 1.75. The van der Waals surface area contributed by atoms with Gasteiger partial charge in [-0.05, 0) is 12.8 Å².